The molecular formula is C23H32N2O6. The Labute approximate surface area is 183 Å². The Morgan fingerprint density at radius 2 is 1.81 bits per heavy atom. The molecule has 1 aromatic carbocycles. The molecule has 0 bridgehead atoms. The third kappa shape index (κ3) is 6.95. The summed E-state index contributed by atoms with van der Waals surface area (Å²) >= 11 is 0. The highest BCUT2D eigenvalue weighted by atomic mass is 16.6. The van der Waals surface area contributed by atoms with Gasteiger partial charge >= 0.3 is 11.9 Å². The second-order valence-electron chi connectivity index (χ2n) is 8.60. The molecular weight excluding hydrogens is 400 g/mol. The minimum Gasteiger partial charge on any atom is -0.494 e. The maximum Gasteiger partial charge on any atom is 0.417 e. The first-order valence-electron chi connectivity index (χ1n) is 11.1. The maximum atomic E-state index is 12.4. The van der Waals surface area contributed by atoms with Crippen LogP contribution in [0, 0.1) is 11.8 Å². The minimum absolute atomic E-state index is 0.0897. The monoisotopic (exact) mass is 432 g/mol. The molecule has 0 aromatic heterocycles. The minimum atomic E-state index is -1.55. The lowest BCUT2D eigenvalue weighted by Gasteiger charge is -2.36. The number of hydrogen-bond donors (Lipinski definition) is 1. The lowest BCUT2D eigenvalue weighted by molar-refractivity contribution is -0.165. The van der Waals surface area contributed by atoms with Gasteiger partial charge in [-0.1, -0.05) is 6.92 Å². The molecule has 31 heavy (non-hydrogen) atoms. The van der Waals surface area contributed by atoms with Crippen molar-refractivity contribution in [3.05, 3.63) is 29.8 Å². The van der Waals surface area contributed by atoms with Gasteiger partial charge in [0.25, 0.3) is 5.91 Å². The summed E-state index contributed by atoms with van der Waals surface area (Å²) < 4.78 is 10.7. The summed E-state index contributed by atoms with van der Waals surface area (Å²) in [5.41, 5.74) is 0.700. The lowest BCUT2D eigenvalue weighted by atomic mass is 9.91. The summed E-state index contributed by atoms with van der Waals surface area (Å²) in [5, 5.41) is 8.63. The van der Waals surface area contributed by atoms with Gasteiger partial charge in [0.2, 0.25) is 0 Å². The van der Waals surface area contributed by atoms with Crippen LogP contribution in [-0.4, -0.2) is 78.7 Å². The quantitative estimate of drug-likeness (QED) is 0.382. The van der Waals surface area contributed by atoms with Gasteiger partial charge in [-0.05, 0) is 55.9 Å². The summed E-state index contributed by atoms with van der Waals surface area (Å²) in [4.78, 5) is 38.3. The standard InChI is InChI=1S/C23H32N2O6/c1-17-13-18(16-31-23(29)22(27)28)15-24(14-17)9-4-12-30-20-7-5-19(6-8-20)21(26)25-10-2-3-11-25/h5-8,17-18H,2-4,9-16H2,1H3,(H,27,28)/t17-,18-/m0/s1. The number of ether oxygens (including phenoxy) is 2. The first-order chi connectivity index (χ1) is 14.9. The predicted molar refractivity (Wildman–Crippen MR) is 114 cm³/mol. The van der Waals surface area contributed by atoms with Gasteiger partial charge in [-0.3, -0.25) is 4.79 Å². The predicted octanol–water partition coefficient (Wildman–Crippen LogP) is 2.28. The van der Waals surface area contributed by atoms with Gasteiger partial charge in [0.05, 0.1) is 13.2 Å². The fraction of sp³-hybridized carbons (Fsp3) is 0.609. The zero-order chi connectivity index (χ0) is 22.2. The SMILES string of the molecule is C[C@H]1C[C@H](COC(=O)C(=O)O)CN(CCCOc2ccc(C(=O)N3CCCC3)cc2)C1. The number of esters is 1. The number of nitrogens with zero attached hydrogens (tertiary/aromatic N) is 2. The Morgan fingerprint density at radius 3 is 2.48 bits per heavy atom. The van der Waals surface area contributed by atoms with E-state index in [0.29, 0.717) is 18.1 Å². The first-order valence-corrected chi connectivity index (χ1v) is 11.1. The van der Waals surface area contributed by atoms with Crippen LogP contribution in [0.4, 0.5) is 0 Å². The van der Waals surface area contributed by atoms with Crippen LogP contribution in [0.2, 0.25) is 0 Å². The molecule has 0 radical (unpaired) electrons. The van der Waals surface area contributed by atoms with Crippen LogP contribution < -0.4 is 4.74 Å². The van der Waals surface area contributed by atoms with E-state index in [1.165, 1.54) is 0 Å². The van der Waals surface area contributed by atoms with Gasteiger partial charge in [-0.25, -0.2) is 9.59 Å². The average molecular weight is 433 g/mol. The van der Waals surface area contributed by atoms with Crippen LogP contribution in [0.3, 0.4) is 0 Å². The topological polar surface area (TPSA) is 96.4 Å². The van der Waals surface area contributed by atoms with Crippen molar-refractivity contribution in [2.45, 2.75) is 32.6 Å². The number of carbonyl (C=O) groups excluding carboxylic acids is 2. The van der Waals surface area contributed by atoms with Gasteiger partial charge in [0.1, 0.15) is 5.75 Å². The molecule has 8 heteroatoms. The largest absolute Gasteiger partial charge is 0.494 e. The van der Waals surface area contributed by atoms with E-state index in [-0.39, 0.29) is 18.4 Å². The van der Waals surface area contributed by atoms with Gasteiger partial charge in [0, 0.05) is 44.2 Å². The highest BCUT2D eigenvalue weighted by molar-refractivity contribution is 6.28. The number of amides is 1. The molecule has 3 rings (SSSR count). The van der Waals surface area contributed by atoms with Crippen LogP contribution in [-0.2, 0) is 14.3 Å². The van der Waals surface area contributed by atoms with Crippen LogP contribution in [0.25, 0.3) is 0 Å². The number of carbonyl (C=O) groups is 3. The molecule has 0 saturated carbocycles. The highest BCUT2D eigenvalue weighted by Crippen LogP contribution is 2.22. The molecule has 2 aliphatic rings. The van der Waals surface area contributed by atoms with E-state index >= 15 is 0 Å². The van der Waals surface area contributed by atoms with Crippen LogP contribution >= 0.6 is 0 Å². The van der Waals surface area contributed by atoms with E-state index in [1.807, 2.05) is 29.2 Å². The van der Waals surface area contributed by atoms with E-state index in [1.54, 1.807) is 0 Å². The molecule has 2 aliphatic heterocycles. The molecule has 8 nitrogen and oxygen atoms in total. The number of rotatable bonds is 8. The van der Waals surface area contributed by atoms with E-state index < -0.39 is 11.9 Å². The zero-order valence-electron chi connectivity index (χ0n) is 18.1. The Morgan fingerprint density at radius 1 is 1.10 bits per heavy atom. The van der Waals surface area contributed by atoms with Gasteiger partial charge in [-0.2, -0.15) is 0 Å². The van der Waals surface area contributed by atoms with Gasteiger partial charge < -0.3 is 24.4 Å². The first kappa shape index (κ1) is 23.1. The van der Waals surface area contributed by atoms with Crippen molar-refractivity contribution in [2.24, 2.45) is 11.8 Å². The number of likely N-dealkylation sites (tertiary alicyclic amines) is 2. The fourth-order valence-electron chi connectivity index (χ4n) is 4.43. The van der Waals surface area contributed by atoms with Crippen LogP contribution in [0.1, 0.15) is 43.0 Å². The number of benzene rings is 1. The summed E-state index contributed by atoms with van der Waals surface area (Å²) in [6, 6.07) is 7.34. The second-order valence-corrected chi connectivity index (χ2v) is 8.60. The molecule has 1 N–H and O–H groups in total. The Kier molecular flexibility index (Phi) is 8.28. The van der Waals surface area contributed by atoms with Gasteiger partial charge in [0.15, 0.2) is 0 Å². The Hall–Kier alpha value is -2.61. The van der Waals surface area contributed by atoms with Crippen molar-refractivity contribution in [2.75, 3.05) is 45.9 Å². The fourth-order valence-corrected chi connectivity index (χ4v) is 4.43. The molecule has 0 spiro atoms. The summed E-state index contributed by atoms with van der Waals surface area (Å²) in [7, 11) is 0. The molecule has 1 amide bonds. The summed E-state index contributed by atoms with van der Waals surface area (Å²) in [6.07, 6.45) is 3.93. The van der Waals surface area contributed by atoms with Crippen LogP contribution in [0.15, 0.2) is 24.3 Å². The number of aliphatic carboxylic acids is 1. The van der Waals surface area contributed by atoms with E-state index in [4.69, 9.17) is 14.6 Å². The number of carboxylic acids is 1. The summed E-state index contributed by atoms with van der Waals surface area (Å²) in [5.74, 6) is -1.29. The number of carboxylic acid groups (broad SMARTS) is 1. The van der Waals surface area contributed by atoms with E-state index in [0.717, 1.165) is 64.2 Å². The van der Waals surface area contributed by atoms with Crippen molar-refractivity contribution in [3.8, 4) is 5.75 Å². The highest BCUT2D eigenvalue weighted by Gasteiger charge is 2.26. The average Bonchev–Trinajstić information content (AvgIpc) is 3.29. The molecule has 2 fully saturated rings. The number of hydrogen-bond acceptors (Lipinski definition) is 6. The number of piperidine rings is 1. The van der Waals surface area contributed by atoms with E-state index in [9.17, 15) is 14.4 Å². The van der Waals surface area contributed by atoms with Crippen LogP contribution in [0.5, 0.6) is 5.75 Å². The third-order valence-electron chi connectivity index (χ3n) is 5.83. The van der Waals surface area contributed by atoms with Crippen molar-refractivity contribution in [1.29, 1.82) is 0 Å². The molecule has 2 atom stereocenters. The van der Waals surface area contributed by atoms with Crippen molar-refractivity contribution < 1.29 is 29.0 Å². The molecule has 2 heterocycles. The molecule has 0 aliphatic carbocycles. The van der Waals surface area contributed by atoms with Gasteiger partial charge in [-0.15, -0.1) is 0 Å². The van der Waals surface area contributed by atoms with Crippen molar-refractivity contribution in [1.82, 2.24) is 9.80 Å². The second kappa shape index (κ2) is 11.1. The Balaban J connectivity index is 1.37. The maximum absolute atomic E-state index is 12.4. The zero-order valence-corrected chi connectivity index (χ0v) is 18.1. The Bertz CT molecular complexity index is 760. The summed E-state index contributed by atoms with van der Waals surface area (Å²) in [6.45, 7) is 7.16. The smallest absolute Gasteiger partial charge is 0.417 e. The van der Waals surface area contributed by atoms with Crippen molar-refractivity contribution in [3.63, 3.8) is 0 Å². The van der Waals surface area contributed by atoms with Crippen molar-refractivity contribution >= 4 is 17.8 Å². The lowest BCUT2D eigenvalue weighted by Crippen LogP contribution is -2.42. The molecule has 2 saturated heterocycles. The van der Waals surface area contributed by atoms with E-state index in [2.05, 4.69) is 11.8 Å². The third-order valence-corrected chi connectivity index (χ3v) is 5.83. The molecule has 170 valence electrons. The normalized spacial score (nSPS) is 21.6. The molecule has 1 aromatic rings. The molecule has 0 unspecified atom stereocenters.